The molecule has 0 amide bonds. The van der Waals surface area contributed by atoms with Gasteiger partial charge in [-0.25, -0.2) is 0 Å². The van der Waals surface area contributed by atoms with Crippen molar-refractivity contribution in [2.24, 2.45) is 0 Å². The molecule has 0 spiro atoms. The summed E-state index contributed by atoms with van der Waals surface area (Å²) < 4.78 is 168. The number of halogens is 13. The Kier molecular flexibility index (Phi) is 6.78. The predicted octanol–water partition coefficient (Wildman–Crippen LogP) is 5.30. The second-order valence-corrected chi connectivity index (χ2v) is 5.78. The van der Waals surface area contributed by atoms with Gasteiger partial charge in [0.25, 0.3) is 0 Å². The van der Waals surface area contributed by atoms with Crippen LogP contribution in [0.25, 0.3) is 0 Å². The summed E-state index contributed by atoms with van der Waals surface area (Å²) in [5, 5.41) is 2.07. The molecule has 0 fully saturated rings. The highest BCUT2D eigenvalue weighted by molar-refractivity contribution is 5.11. The van der Waals surface area contributed by atoms with Crippen LogP contribution >= 0.6 is 0 Å². The Morgan fingerprint density at radius 2 is 1.10 bits per heavy atom. The minimum absolute atomic E-state index is 0.275. The standard InChI is InChI=1S/C14H11F13N2/c15-9(16,3-6-29-7-8-1-4-28-5-2-8)10(17,18)11(19,20)12(21,22)13(23,24)14(25,26)27/h1-2,4-5,29H,3,6-7H2. The maximum absolute atomic E-state index is 13.5. The summed E-state index contributed by atoms with van der Waals surface area (Å²) >= 11 is 0. The lowest BCUT2D eigenvalue weighted by Gasteiger charge is -2.39. The molecule has 168 valence electrons. The van der Waals surface area contributed by atoms with E-state index in [9.17, 15) is 57.1 Å². The summed E-state index contributed by atoms with van der Waals surface area (Å²) in [5.74, 6) is -36.6. The molecule has 0 saturated carbocycles. The summed E-state index contributed by atoms with van der Waals surface area (Å²) in [6.07, 6.45) is -7.17. The third-order valence-electron chi connectivity index (χ3n) is 3.69. The molecular formula is C14H11F13N2. The van der Waals surface area contributed by atoms with Crippen molar-refractivity contribution in [3.63, 3.8) is 0 Å². The Bertz CT molecular complexity index is 670. The summed E-state index contributed by atoms with van der Waals surface area (Å²) in [4.78, 5) is 3.59. The van der Waals surface area contributed by atoms with Crippen LogP contribution in [0.4, 0.5) is 57.1 Å². The third kappa shape index (κ3) is 4.38. The fourth-order valence-electron chi connectivity index (χ4n) is 1.94. The molecule has 1 aromatic rings. The summed E-state index contributed by atoms with van der Waals surface area (Å²) in [6.45, 7) is -1.47. The van der Waals surface area contributed by atoms with Crippen molar-refractivity contribution < 1.29 is 57.1 Å². The van der Waals surface area contributed by atoms with E-state index in [4.69, 9.17) is 0 Å². The van der Waals surface area contributed by atoms with Crippen molar-refractivity contribution in [2.45, 2.75) is 48.8 Å². The normalized spacial score (nSPS) is 14.9. The van der Waals surface area contributed by atoms with Crippen molar-refractivity contribution in [2.75, 3.05) is 6.54 Å². The minimum atomic E-state index is -7.87. The number of pyridine rings is 1. The first-order chi connectivity index (χ1) is 12.8. The summed E-state index contributed by atoms with van der Waals surface area (Å²) in [7, 11) is 0. The van der Waals surface area contributed by atoms with E-state index in [1.807, 2.05) is 0 Å². The van der Waals surface area contributed by atoms with E-state index >= 15 is 0 Å². The van der Waals surface area contributed by atoms with Crippen molar-refractivity contribution in [1.29, 1.82) is 0 Å². The first-order valence-electron chi connectivity index (χ1n) is 7.38. The third-order valence-corrected chi connectivity index (χ3v) is 3.69. The first-order valence-corrected chi connectivity index (χ1v) is 7.38. The Hall–Kier alpha value is -1.80. The highest BCUT2D eigenvalue weighted by Crippen LogP contribution is 2.60. The van der Waals surface area contributed by atoms with Gasteiger partial charge in [-0.2, -0.15) is 57.1 Å². The number of nitrogens with one attached hydrogen (secondary N) is 1. The van der Waals surface area contributed by atoms with Gasteiger partial charge in [-0.3, -0.25) is 4.98 Å². The topological polar surface area (TPSA) is 24.9 Å². The van der Waals surface area contributed by atoms with Crippen LogP contribution in [0.2, 0.25) is 0 Å². The molecule has 0 aliphatic heterocycles. The van der Waals surface area contributed by atoms with Crippen molar-refractivity contribution in [1.82, 2.24) is 10.3 Å². The van der Waals surface area contributed by atoms with Crippen LogP contribution in [0, 0.1) is 0 Å². The Labute approximate surface area is 154 Å². The zero-order chi connectivity index (χ0) is 22.9. The maximum atomic E-state index is 13.5. The molecule has 1 aromatic heterocycles. The lowest BCUT2D eigenvalue weighted by atomic mass is 9.92. The van der Waals surface area contributed by atoms with Gasteiger partial charge < -0.3 is 5.32 Å². The fraction of sp³-hybridized carbons (Fsp3) is 0.643. The molecule has 0 aromatic carbocycles. The first kappa shape index (κ1) is 25.2. The van der Waals surface area contributed by atoms with Crippen molar-refractivity contribution in [3.8, 4) is 0 Å². The Morgan fingerprint density at radius 3 is 1.55 bits per heavy atom. The highest BCUT2D eigenvalue weighted by atomic mass is 19.4. The molecule has 1 rings (SSSR count). The van der Waals surface area contributed by atoms with Gasteiger partial charge in [-0.15, -0.1) is 0 Å². The van der Waals surface area contributed by atoms with E-state index in [2.05, 4.69) is 10.3 Å². The molecule has 0 aliphatic rings. The fourth-order valence-corrected chi connectivity index (χ4v) is 1.94. The van der Waals surface area contributed by atoms with Crippen LogP contribution < -0.4 is 5.32 Å². The maximum Gasteiger partial charge on any atom is 0.460 e. The van der Waals surface area contributed by atoms with Crippen LogP contribution in [0.1, 0.15) is 12.0 Å². The van der Waals surface area contributed by atoms with Gasteiger partial charge in [0.2, 0.25) is 0 Å². The summed E-state index contributed by atoms with van der Waals surface area (Å²) in [5.41, 5.74) is 0.372. The number of alkyl halides is 13. The smallest absolute Gasteiger partial charge is 0.312 e. The molecule has 0 radical (unpaired) electrons. The molecule has 1 heterocycles. The quantitative estimate of drug-likeness (QED) is 0.405. The molecular weight excluding hydrogens is 443 g/mol. The minimum Gasteiger partial charge on any atom is -0.312 e. The Balaban J connectivity index is 3.00. The van der Waals surface area contributed by atoms with Gasteiger partial charge in [0.15, 0.2) is 0 Å². The molecule has 0 bridgehead atoms. The monoisotopic (exact) mass is 454 g/mol. The van der Waals surface area contributed by atoms with Gasteiger partial charge in [0.05, 0.1) is 0 Å². The molecule has 29 heavy (non-hydrogen) atoms. The predicted molar refractivity (Wildman–Crippen MR) is 71.4 cm³/mol. The number of hydrogen-bond acceptors (Lipinski definition) is 2. The van der Waals surface area contributed by atoms with Gasteiger partial charge in [-0.1, -0.05) is 0 Å². The molecule has 0 atom stereocenters. The number of hydrogen-bond donors (Lipinski definition) is 1. The molecule has 0 aliphatic carbocycles. The lowest BCUT2D eigenvalue weighted by Crippen LogP contribution is -2.70. The molecule has 0 saturated heterocycles. The van der Waals surface area contributed by atoms with E-state index in [-0.39, 0.29) is 6.54 Å². The van der Waals surface area contributed by atoms with Gasteiger partial charge in [-0.05, 0) is 17.7 Å². The van der Waals surface area contributed by atoms with Crippen LogP contribution in [0.15, 0.2) is 24.5 Å². The van der Waals surface area contributed by atoms with Crippen LogP contribution in [-0.2, 0) is 6.54 Å². The van der Waals surface area contributed by atoms with E-state index in [0.717, 1.165) is 0 Å². The largest absolute Gasteiger partial charge is 0.460 e. The number of nitrogens with zero attached hydrogens (tertiary/aromatic N) is 1. The van der Waals surface area contributed by atoms with Gasteiger partial charge >= 0.3 is 35.8 Å². The molecule has 2 nitrogen and oxygen atoms in total. The average molecular weight is 454 g/mol. The van der Waals surface area contributed by atoms with E-state index in [1.54, 1.807) is 0 Å². The zero-order valence-electron chi connectivity index (χ0n) is 13.8. The van der Waals surface area contributed by atoms with E-state index in [0.29, 0.717) is 5.56 Å². The summed E-state index contributed by atoms with van der Waals surface area (Å²) in [6, 6.07) is 2.68. The van der Waals surface area contributed by atoms with Crippen LogP contribution in [0.5, 0.6) is 0 Å². The highest BCUT2D eigenvalue weighted by Gasteiger charge is 2.90. The van der Waals surface area contributed by atoms with E-state index in [1.165, 1.54) is 24.5 Å². The SMILES string of the molecule is FC(F)(F)C(F)(F)C(F)(F)C(F)(F)C(F)(F)C(F)(F)CCNCc1ccncc1. The lowest BCUT2D eigenvalue weighted by molar-refractivity contribution is -0.440. The molecule has 0 unspecified atom stereocenters. The average Bonchev–Trinajstić information content (AvgIpc) is 2.58. The zero-order valence-corrected chi connectivity index (χ0v) is 13.8. The van der Waals surface area contributed by atoms with Crippen molar-refractivity contribution in [3.05, 3.63) is 30.1 Å². The Morgan fingerprint density at radius 1 is 0.655 bits per heavy atom. The molecule has 15 heteroatoms. The van der Waals surface area contributed by atoms with Gasteiger partial charge in [0.1, 0.15) is 0 Å². The second-order valence-electron chi connectivity index (χ2n) is 5.78. The van der Waals surface area contributed by atoms with E-state index < -0.39 is 48.8 Å². The number of rotatable bonds is 9. The van der Waals surface area contributed by atoms with Crippen molar-refractivity contribution >= 4 is 0 Å². The molecule has 1 N–H and O–H groups in total. The second kappa shape index (κ2) is 7.80. The van der Waals surface area contributed by atoms with Crippen LogP contribution in [-0.4, -0.2) is 47.3 Å². The number of aromatic nitrogens is 1. The van der Waals surface area contributed by atoms with Crippen LogP contribution in [0.3, 0.4) is 0 Å². The van der Waals surface area contributed by atoms with Gasteiger partial charge in [0, 0.05) is 31.9 Å².